The van der Waals surface area contributed by atoms with Crippen molar-refractivity contribution in [2.45, 2.75) is 26.3 Å². The average Bonchev–Trinajstić information content (AvgIpc) is 2.20. The zero-order valence-corrected chi connectivity index (χ0v) is 9.51. The SMILES string of the molecule is COc1ccc(CCNC(C)C)c(F)c1. The van der Waals surface area contributed by atoms with E-state index in [0.29, 0.717) is 18.2 Å². The standard InChI is InChI=1S/C12H18FNO/c1-9(2)14-7-6-10-4-5-11(15-3)8-12(10)13/h4-5,8-9,14H,6-7H2,1-3H3. The molecule has 0 saturated heterocycles. The van der Waals surface area contributed by atoms with Crippen molar-refractivity contribution in [1.82, 2.24) is 5.32 Å². The van der Waals surface area contributed by atoms with Crippen molar-refractivity contribution in [3.8, 4) is 5.75 Å². The van der Waals surface area contributed by atoms with E-state index in [2.05, 4.69) is 19.2 Å². The number of halogens is 1. The number of nitrogens with one attached hydrogen (secondary N) is 1. The second-order valence-electron chi connectivity index (χ2n) is 3.82. The second-order valence-corrected chi connectivity index (χ2v) is 3.82. The van der Waals surface area contributed by atoms with Crippen molar-refractivity contribution in [3.63, 3.8) is 0 Å². The van der Waals surface area contributed by atoms with E-state index in [9.17, 15) is 4.39 Å². The van der Waals surface area contributed by atoms with Gasteiger partial charge < -0.3 is 10.1 Å². The molecule has 1 rings (SSSR count). The van der Waals surface area contributed by atoms with Crippen molar-refractivity contribution < 1.29 is 9.13 Å². The van der Waals surface area contributed by atoms with Crippen LogP contribution in [0.25, 0.3) is 0 Å². The highest BCUT2D eigenvalue weighted by molar-refractivity contribution is 5.29. The fourth-order valence-electron chi connectivity index (χ4n) is 1.35. The molecule has 0 radical (unpaired) electrons. The Kier molecular flexibility index (Phi) is 4.56. The topological polar surface area (TPSA) is 21.3 Å². The molecule has 15 heavy (non-hydrogen) atoms. The van der Waals surface area contributed by atoms with Gasteiger partial charge in [-0.3, -0.25) is 0 Å². The molecule has 0 unspecified atom stereocenters. The molecule has 0 bridgehead atoms. The van der Waals surface area contributed by atoms with Crippen LogP contribution in [-0.4, -0.2) is 19.7 Å². The van der Waals surface area contributed by atoms with E-state index >= 15 is 0 Å². The normalized spacial score (nSPS) is 10.7. The van der Waals surface area contributed by atoms with Gasteiger partial charge in [-0.15, -0.1) is 0 Å². The lowest BCUT2D eigenvalue weighted by Gasteiger charge is -2.09. The van der Waals surface area contributed by atoms with Gasteiger partial charge in [-0.05, 0) is 24.6 Å². The molecule has 0 aliphatic rings. The summed E-state index contributed by atoms with van der Waals surface area (Å²) < 4.78 is 18.4. The molecule has 1 aromatic rings. The Morgan fingerprint density at radius 1 is 1.40 bits per heavy atom. The lowest BCUT2D eigenvalue weighted by atomic mass is 10.1. The molecule has 0 aliphatic heterocycles. The molecule has 3 heteroatoms. The van der Waals surface area contributed by atoms with Crippen LogP contribution >= 0.6 is 0 Å². The van der Waals surface area contributed by atoms with Gasteiger partial charge in [0.1, 0.15) is 11.6 Å². The van der Waals surface area contributed by atoms with Crippen LogP contribution in [0.2, 0.25) is 0 Å². The van der Waals surface area contributed by atoms with Gasteiger partial charge in [-0.1, -0.05) is 19.9 Å². The largest absolute Gasteiger partial charge is 0.497 e. The molecule has 2 nitrogen and oxygen atoms in total. The van der Waals surface area contributed by atoms with Crippen LogP contribution in [-0.2, 0) is 6.42 Å². The monoisotopic (exact) mass is 211 g/mol. The molecule has 0 aromatic heterocycles. The maximum Gasteiger partial charge on any atom is 0.130 e. The quantitative estimate of drug-likeness (QED) is 0.807. The van der Waals surface area contributed by atoms with Gasteiger partial charge in [0.15, 0.2) is 0 Å². The van der Waals surface area contributed by atoms with E-state index in [-0.39, 0.29) is 5.82 Å². The zero-order chi connectivity index (χ0) is 11.3. The van der Waals surface area contributed by atoms with E-state index in [4.69, 9.17) is 4.74 Å². The first kappa shape index (κ1) is 12.0. The Hall–Kier alpha value is -1.09. The summed E-state index contributed by atoms with van der Waals surface area (Å²) in [5.74, 6) is 0.368. The summed E-state index contributed by atoms with van der Waals surface area (Å²) in [7, 11) is 1.54. The molecule has 0 fully saturated rings. The average molecular weight is 211 g/mol. The smallest absolute Gasteiger partial charge is 0.130 e. The van der Waals surface area contributed by atoms with Gasteiger partial charge in [0, 0.05) is 12.1 Å². The molecule has 0 amide bonds. The highest BCUT2D eigenvalue weighted by Gasteiger charge is 2.03. The number of rotatable bonds is 5. The first-order chi connectivity index (χ1) is 7.13. The summed E-state index contributed by atoms with van der Waals surface area (Å²) in [6.07, 6.45) is 0.702. The maximum atomic E-state index is 13.5. The third-order valence-electron chi connectivity index (χ3n) is 2.21. The van der Waals surface area contributed by atoms with Gasteiger partial charge in [0.2, 0.25) is 0 Å². The fraction of sp³-hybridized carbons (Fsp3) is 0.500. The van der Waals surface area contributed by atoms with Crippen molar-refractivity contribution >= 4 is 0 Å². The van der Waals surface area contributed by atoms with Gasteiger partial charge >= 0.3 is 0 Å². The van der Waals surface area contributed by atoms with Crippen LogP contribution in [0.3, 0.4) is 0 Å². The zero-order valence-electron chi connectivity index (χ0n) is 9.51. The van der Waals surface area contributed by atoms with Crippen LogP contribution in [0.5, 0.6) is 5.75 Å². The fourth-order valence-corrected chi connectivity index (χ4v) is 1.35. The van der Waals surface area contributed by atoms with E-state index in [0.717, 1.165) is 12.1 Å². The summed E-state index contributed by atoms with van der Waals surface area (Å²) >= 11 is 0. The first-order valence-corrected chi connectivity index (χ1v) is 5.19. The molecule has 0 heterocycles. The number of hydrogen-bond donors (Lipinski definition) is 1. The van der Waals surface area contributed by atoms with Crippen molar-refractivity contribution in [2.75, 3.05) is 13.7 Å². The number of hydrogen-bond acceptors (Lipinski definition) is 2. The minimum absolute atomic E-state index is 0.195. The minimum Gasteiger partial charge on any atom is -0.497 e. The van der Waals surface area contributed by atoms with E-state index in [1.807, 2.05) is 0 Å². The Labute approximate surface area is 90.4 Å². The second kappa shape index (κ2) is 5.71. The summed E-state index contributed by atoms with van der Waals surface area (Å²) in [5, 5.41) is 3.25. The molecule has 0 aliphatic carbocycles. The molecule has 1 N–H and O–H groups in total. The molecule has 0 saturated carbocycles. The molecule has 1 aromatic carbocycles. The Morgan fingerprint density at radius 2 is 2.13 bits per heavy atom. The summed E-state index contributed by atoms with van der Waals surface area (Å²) in [6.45, 7) is 4.94. The predicted octanol–water partition coefficient (Wildman–Crippen LogP) is 2.37. The highest BCUT2D eigenvalue weighted by Crippen LogP contribution is 2.16. The van der Waals surface area contributed by atoms with Crippen LogP contribution < -0.4 is 10.1 Å². The lowest BCUT2D eigenvalue weighted by molar-refractivity contribution is 0.410. The summed E-state index contributed by atoms with van der Waals surface area (Å²) in [5.41, 5.74) is 0.726. The Morgan fingerprint density at radius 3 is 2.67 bits per heavy atom. The minimum atomic E-state index is -0.195. The Bertz CT molecular complexity index is 312. The third-order valence-corrected chi connectivity index (χ3v) is 2.21. The predicted molar refractivity (Wildman–Crippen MR) is 59.8 cm³/mol. The van der Waals surface area contributed by atoms with Crippen LogP contribution in [0, 0.1) is 5.82 Å². The van der Waals surface area contributed by atoms with E-state index in [1.54, 1.807) is 12.1 Å². The number of benzene rings is 1. The van der Waals surface area contributed by atoms with Crippen LogP contribution in [0.15, 0.2) is 18.2 Å². The molecule has 0 spiro atoms. The van der Waals surface area contributed by atoms with Crippen molar-refractivity contribution in [1.29, 1.82) is 0 Å². The maximum absolute atomic E-state index is 13.5. The van der Waals surface area contributed by atoms with Crippen LogP contribution in [0.4, 0.5) is 4.39 Å². The van der Waals surface area contributed by atoms with Crippen LogP contribution in [0.1, 0.15) is 19.4 Å². The summed E-state index contributed by atoms with van der Waals surface area (Å²) in [6, 6.07) is 5.42. The molecule has 0 atom stereocenters. The molecular weight excluding hydrogens is 193 g/mol. The Balaban J connectivity index is 2.54. The van der Waals surface area contributed by atoms with Gasteiger partial charge in [0.05, 0.1) is 7.11 Å². The number of methoxy groups -OCH3 is 1. The number of ether oxygens (including phenoxy) is 1. The van der Waals surface area contributed by atoms with Crippen molar-refractivity contribution in [2.24, 2.45) is 0 Å². The summed E-state index contributed by atoms with van der Waals surface area (Å²) in [4.78, 5) is 0. The van der Waals surface area contributed by atoms with Gasteiger partial charge in [0.25, 0.3) is 0 Å². The first-order valence-electron chi connectivity index (χ1n) is 5.19. The molecule has 84 valence electrons. The molecular formula is C12H18FNO. The van der Waals surface area contributed by atoms with E-state index < -0.39 is 0 Å². The third kappa shape index (κ3) is 3.88. The van der Waals surface area contributed by atoms with Gasteiger partial charge in [-0.2, -0.15) is 0 Å². The highest BCUT2D eigenvalue weighted by atomic mass is 19.1. The van der Waals surface area contributed by atoms with E-state index in [1.165, 1.54) is 13.2 Å². The van der Waals surface area contributed by atoms with Gasteiger partial charge in [-0.25, -0.2) is 4.39 Å². The lowest BCUT2D eigenvalue weighted by Crippen LogP contribution is -2.25. The van der Waals surface area contributed by atoms with Crippen molar-refractivity contribution in [3.05, 3.63) is 29.6 Å².